The fourth-order valence-electron chi connectivity index (χ4n) is 2.41. The maximum absolute atomic E-state index is 12.2. The maximum atomic E-state index is 12.2. The third kappa shape index (κ3) is 6.22. The van der Waals surface area contributed by atoms with E-state index < -0.39 is 23.7 Å². The normalized spacial score (nSPS) is 11.6. The molecule has 1 atom stereocenters. The molecule has 0 aliphatic heterocycles. The van der Waals surface area contributed by atoms with Gasteiger partial charge in [-0.25, -0.2) is 10.8 Å². The molecule has 9 heteroatoms. The molecule has 0 fully saturated rings. The number of hydrogen-bond donors (Lipinski definition) is 5. The largest absolute Gasteiger partial charge is 0.481 e. The Labute approximate surface area is 161 Å². The van der Waals surface area contributed by atoms with Gasteiger partial charge >= 0.3 is 5.97 Å². The summed E-state index contributed by atoms with van der Waals surface area (Å²) in [6, 6.07) is 15.1. The summed E-state index contributed by atoms with van der Waals surface area (Å²) in [5, 5.41) is 14.4. The third-order valence-corrected chi connectivity index (χ3v) is 3.81. The van der Waals surface area contributed by atoms with Crippen molar-refractivity contribution in [2.75, 3.05) is 13.1 Å². The second-order valence-corrected chi connectivity index (χ2v) is 5.76. The molecule has 2 aromatic rings. The van der Waals surface area contributed by atoms with E-state index in [4.69, 9.17) is 5.84 Å². The lowest BCUT2D eigenvalue weighted by atomic mass is 9.99. The SMILES string of the molecule is NNC=Nc1cccc(C(=O)NCC(=O)NCC(C(=O)O)c2ccccc2)c1. The molecule has 0 spiro atoms. The highest BCUT2D eigenvalue weighted by molar-refractivity contribution is 5.97. The van der Waals surface area contributed by atoms with E-state index in [2.05, 4.69) is 21.1 Å². The van der Waals surface area contributed by atoms with E-state index in [1.54, 1.807) is 48.5 Å². The number of carboxylic acid groups (broad SMARTS) is 1. The minimum absolute atomic E-state index is 0.0790. The number of amides is 2. The number of carboxylic acids is 1. The van der Waals surface area contributed by atoms with E-state index in [9.17, 15) is 19.5 Å². The second-order valence-electron chi connectivity index (χ2n) is 5.76. The number of aliphatic carboxylic acids is 1. The Morgan fingerprint density at radius 3 is 2.50 bits per heavy atom. The van der Waals surface area contributed by atoms with Gasteiger partial charge in [0.15, 0.2) is 0 Å². The summed E-state index contributed by atoms with van der Waals surface area (Å²) in [6.45, 7) is -0.359. The number of rotatable bonds is 9. The zero-order chi connectivity index (χ0) is 20.4. The lowest BCUT2D eigenvalue weighted by Crippen LogP contribution is -2.39. The van der Waals surface area contributed by atoms with Crippen molar-refractivity contribution in [1.29, 1.82) is 0 Å². The van der Waals surface area contributed by atoms with Crippen LogP contribution in [0.3, 0.4) is 0 Å². The highest BCUT2D eigenvalue weighted by Gasteiger charge is 2.20. The Kier molecular flexibility index (Phi) is 7.67. The number of aliphatic imine (C=N–C) groups is 1. The minimum atomic E-state index is -1.04. The fraction of sp³-hybridized carbons (Fsp3) is 0.158. The zero-order valence-corrected chi connectivity index (χ0v) is 15.0. The van der Waals surface area contributed by atoms with Crippen LogP contribution in [0.4, 0.5) is 5.69 Å². The summed E-state index contributed by atoms with van der Waals surface area (Å²) in [5.74, 6) is 2.25. The molecule has 0 saturated carbocycles. The average molecular weight is 383 g/mol. The average Bonchev–Trinajstić information content (AvgIpc) is 2.71. The van der Waals surface area contributed by atoms with Crippen LogP contribution in [-0.4, -0.2) is 42.3 Å². The predicted molar refractivity (Wildman–Crippen MR) is 104 cm³/mol. The minimum Gasteiger partial charge on any atom is -0.481 e. The van der Waals surface area contributed by atoms with Crippen molar-refractivity contribution < 1.29 is 19.5 Å². The summed E-state index contributed by atoms with van der Waals surface area (Å²) in [4.78, 5) is 39.6. The highest BCUT2D eigenvalue weighted by Crippen LogP contribution is 2.15. The van der Waals surface area contributed by atoms with Crippen LogP contribution in [0.2, 0.25) is 0 Å². The van der Waals surface area contributed by atoms with Crippen LogP contribution in [0.1, 0.15) is 21.8 Å². The third-order valence-electron chi connectivity index (χ3n) is 3.81. The maximum Gasteiger partial charge on any atom is 0.312 e. The summed E-state index contributed by atoms with van der Waals surface area (Å²) >= 11 is 0. The van der Waals surface area contributed by atoms with Gasteiger partial charge in [-0.05, 0) is 23.8 Å². The van der Waals surface area contributed by atoms with Crippen molar-refractivity contribution in [2.45, 2.75) is 5.92 Å². The molecule has 1 unspecified atom stereocenters. The fourth-order valence-corrected chi connectivity index (χ4v) is 2.41. The van der Waals surface area contributed by atoms with E-state index in [1.807, 2.05) is 0 Å². The summed E-state index contributed by atoms with van der Waals surface area (Å²) in [7, 11) is 0. The van der Waals surface area contributed by atoms with Crippen LogP contribution >= 0.6 is 0 Å². The first-order chi connectivity index (χ1) is 13.5. The molecule has 6 N–H and O–H groups in total. The Morgan fingerprint density at radius 2 is 1.82 bits per heavy atom. The van der Waals surface area contributed by atoms with Gasteiger partial charge in [0.25, 0.3) is 5.91 Å². The van der Waals surface area contributed by atoms with E-state index in [0.717, 1.165) is 0 Å². The standard InChI is InChI=1S/C19H21N5O4/c20-24-12-23-15-8-4-7-14(9-15)18(26)22-11-17(25)21-10-16(19(27)28)13-5-2-1-3-6-13/h1-9,12,16H,10-11,20H2,(H,21,25)(H,22,26)(H,23,24)(H,27,28). The molecule has 0 saturated heterocycles. The van der Waals surface area contributed by atoms with E-state index in [1.165, 1.54) is 12.4 Å². The van der Waals surface area contributed by atoms with Gasteiger partial charge in [-0.2, -0.15) is 0 Å². The molecule has 0 radical (unpaired) electrons. The topological polar surface area (TPSA) is 146 Å². The number of benzene rings is 2. The molecule has 2 rings (SSSR count). The summed E-state index contributed by atoms with van der Waals surface area (Å²) in [5.41, 5.74) is 3.69. The van der Waals surface area contributed by atoms with Crippen molar-refractivity contribution in [1.82, 2.24) is 16.1 Å². The molecule has 146 valence electrons. The summed E-state index contributed by atoms with van der Waals surface area (Å²) < 4.78 is 0. The molecule has 2 amide bonds. The molecule has 2 aromatic carbocycles. The number of nitrogens with one attached hydrogen (secondary N) is 3. The number of hydrogen-bond acceptors (Lipinski definition) is 5. The van der Waals surface area contributed by atoms with Crippen LogP contribution in [0.15, 0.2) is 59.6 Å². The molecule has 28 heavy (non-hydrogen) atoms. The van der Waals surface area contributed by atoms with E-state index in [-0.39, 0.29) is 13.1 Å². The quantitative estimate of drug-likeness (QED) is 0.185. The predicted octanol–water partition coefficient (Wildman–Crippen LogP) is 0.524. The second kappa shape index (κ2) is 10.4. The van der Waals surface area contributed by atoms with Gasteiger partial charge in [0, 0.05) is 12.1 Å². The molecular weight excluding hydrogens is 362 g/mol. The van der Waals surface area contributed by atoms with Crippen LogP contribution < -0.4 is 21.9 Å². The van der Waals surface area contributed by atoms with Gasteiger partial charge in [0.05, 0.1) is 18.2 Å². The first-order valence-electron chi connectivity index (χ1n) is 8.42. The van der Waals surface area contributed by atoms with Gasteiger partial charge in [-0.15, -0.1) is 0 Å². The Bertz CT molecular complexity index is 854. The Balaban J connectivity index is 1.87. The summed E-state index contributed by atoms with van der Waals surface area (Å²) in [6.07, 6.45) is 1.27. The van der Waals surface area contributed by atoms with Crippen LogP contribution in [0.25, 0.3) is 0 Å². The van der Waals surface area contributed by atoms with Gasteiger partial charge in [0.1, 0.15) is 6.34 Å². The van der Waals surface area contributed by atoms with Gasteiger partial charge in [-0.3, -0.25) is 14.4 Å². The molecule has 0 heterocycles. The van der Waals surface area contributed by atoms with Gasteiger partial charge in [0.2, 0.25) is 5.91 Å². The van der Waals surface area contributed by atoms with Crippen molar-refractivity contribution in [2.24, 2.45) is 10.8 Å². The van der Waals surface area contributed by atoms with Crippen molar-refractivity contribution >= 4 is 29.8 Å². The number of nitrogens with zero attached hydrogens (tertiary/aromatic N) is 1. The van der Waals surface area contributed by atoms with Crippen molar-refractivity contribution in [3.63, 3.8) is 0 Å². The first kappa shape index (κ1) is 20.6. The van der Waals surface area contributed by atoms with E-state index in [0.29, 0.717) is 16.8 Å². The molecule has 9 nitrogen and oxygen atoms in total. The number of hydrazine groups is 1. The highest BCUT2D eigenvalue weighted by atomic mass is 16.4. The Morgan fingerprint density at radius 1 is 1.07 bits per heavy atom. The van der Waals surface area contributed by atoms with Crippen LogP contribution in [-0.2, 0) is 9.59 Å². The van der Waals surface area contributed by atoms with Crippen LogP contribution in [0, 0.1) is 0 Å². The van der Waals surface area contributed by atoms with Gasteiger partial charge < -0.3 is 21.2 Å². The monoisotopic (exact) mass is 383 g/mol. The van der Waals surface area contributed by atoms with Crippen molar-refractivity contribution in [3.05, 3.63) is 65.7 Å². The number of nitrogens with two attached hydrogens (primary N) is 1. The van der Waals surface area contributed by atoms with Gasteiger partial charge in [-0.1, -0.05) is 36.4 Å². The number of carbonyl (C=O) groups excluding carboxylic acids is 2. The molecular formula is C19H21N5O4. The first-order valence-corrected chi connectivity index (χ1v) is 8.42. The lowest BCUT2D eigenvalue weighted by Gasteiger charge is -2.14. The van der Waals surface area contributed by atoms with Crippen molar-refractivity contribution in [3.8, 4) is 0 Å². The molecule has 0 aliphatic rings. The smallest absolute Gasteiger partial charge is 0.312 e. The lowest BCUT2D eigenvalue weighted by molar-refractivity contribution is -0.138. The van der Waals surface area contributed by atoms with Crippen LogP contribution in [0.5, 0.6) is 0 Å². The zero-order valence-electron chi connectivity index (χ0n) is 15.0. The molecule has 0 aliphatic carbocycles. The number of carbonyl (C=O) groups is 3. The molecule has 0 aromatic heterocycles. The Hall–Kier alpha value is -3.72. The van der Waals surface area contributed by atoms with E-state index >= 15 is 0 Å². The molecule has 0 bridgehead atoms.